The molecule has 0 fully saturated rings. The van der Waals surface area contributed by atoms with Crippen molar-refractivity contribution >= 4 is 5.97 Å². The molecule has 19 heavy (non-hydrogen) atoms. The SMILES string of the molecule is COc1cccc(C(C(=O)O)N(C)CC(F)(F)F)c1. The summed E-state index contributed by atoms with van der Waals surface area (Å²) in [7, 11) is 2.51. The molecular formula is C12H14F3NO3. The molecule has 1 unspecified atom stereocenters. The predicted molar refractivity (Wildman–Crippen MR) is 62.1 cm³/mol. The van der Waals surface area contributed by atoms with Crippen LogP contribution in [0.1, 0.15) is 11.6 Å². The molecule has 1 aromatic rings. The van der Waals surface area contributed by atoms with Crippen molar-refractivity contribution in [1.82, 2.24) is 4.90 Å². The maximum atomic E-state index is 12.3. The summed E-state index contributed by atoms with van der Waals surface area (Å²) >= 11 is 0. The largest absolute Gasteiger partial charge is 0.497 e. The quantitative estimate of drug-likeness (QED) is 0.897. The molecule has 0 bridgehead atoms. The molecule has 1 rings (SSSR count). The number of methoxy groups -OCH3 is 1. The molecule has 0 heterocycles. The Hall–Kier alpha value is -1.76. The van der Waals surface area contributed by atoms with Crippen molar-refractivity contribution in [3.8, 4) is 5.75 Å². The number of hydrogen-bond donors (Lipinski definition) is 1. The summed E-state index contributed by atoms with van der Waals surface area (Å²) in [5, 5.41) is 9.11. The standard InChI is InChI=1S/C12H14F3NO3/c1-16(7-12(13,14)15)10(11(17)18)8-4-3-5-9(6-8)19-2/h3-6,10H,7H2,1-2H3,(H,17,18). The van der Waals surface area contributed by atoms with E-state index in [4.69, 9.17) is 9.84 Å². The van der Waals surface area contributed by atoms with Gasteiger partial charge in [-0.3, -0.25) is 9.69 Å². The van der Waals surface area contributed by atoms with Crippen LogP contribution in [-0.4, -0.2) is 42.9 Å². The first-order valence-corrected chi connectivity index (χ1v) is 5.38. The summed E-state index contributed by atoms with van der Waals surface area (Å²) in [6.45, 7) is -1.30. The van der Waals surface area contributed by atoms with Crippen molar-refractivity contribution in [2.24, 2.45) is 0 Å². The Bertz CT molecular complexity index is 448. The number of carboxylic acids is 1. The number of benzene rings is 1. The molecule has 0 aromatic heterocycles. The number of nitrogens with zero attached hydrogens (tertiary/aromatic N) is 1. The van der Waals surface area contributed by atoms with Crippen LogP contribution in [0.3, 0.4) is 0 Å². The highest BCUT2D eigenvalue weighted by molar-refractivity contribution is 5.75. The molecule has 1 aromatic carbocycles. The lowest BCUT2D eigenvalue weighted by Gasteiger charge is -2.26. The van der Waals surface area contributed by atoms with E-state index in [0.29, 0.717) is 5.75 Å². The van der Waals surface area contributed by atoms with Gasteiger partial charge < -0.3 is 9.84 Å². The highest BCUT2D eigenvalue weighted by Gasteiger charge is 2.35. The molecule has 7 heteroatoms. The highest BCUT2D eigenvalue weighted by Crippen LogP contribution is 2.26. The first-order chi connectivity index (χ1) is 8.74. The molecule has 0 amide bonds. The van der Waals surface area contributed by atoms with E-state index in [1.807, 2.05) is 0 Å². The van der Waals surface area contributed by atoms with Gasteiger partial charge in [0.2, 0.25) is 0 Å². The molecule has 0 saturated carbocycles. The molecular weight excluding hydrogens is 263 g/mol. The van der Waals surface area contributed by atoms with Gasteiger partial charge in [-0.1, -0.05) is 12.1 Å². The number of likely N-dealkylation sites (N-methyl/N-ethyl adjacent to an activating group) is 1. The van der Waals surface area contributed by atoms with Gasteiger partial charge in [0, 0.05) is 0 Å². The second-order valence-electron chi connectivity index (χ2n) is 4.05. The fraction of sp³-hybridized carbons (Fsp3) is 0.417. The van der Waals surface area contributed by atoms with Gasteiger partial charge in [0.1, 0.15) is 11.8 Å². The molecule has 0 aliphatic carbocycles. The highest BCUT2D eigenvalue weighted by atomic mass is 19.4. The fourth-order valence-corrected chi connectivity index (χ4v) is 1.77. The van der Waals surface area contributed by atoms with E-state index in [2.05, 4.69) is 0 Å². The minimum absolute atomic E-state index is 0.235. The van der Waals surface area contributed by atoms with Crippen LogP contribution in [0.2, 0.25) is 0 Å². The zero-order valence-electron chi connectivity index (χ0n) is 10.4. The van der Waals surface area contributed by atoms with Gasteiger partial charge in [-0.15, -0.1) is 0 Å². The van der Waals surface area contributed by atoms with Crippen molar-refractivity contribution in [3.63, 3.8) is 0 Å². The van der Waals surface area contributed by atoms with E-state index in [0.717, 1.165) is 11.9 Å². The van der Waals surface area contributed by atoms with E-state index in [1.165, 1.54) is 25.3 Å². The number of carboxylic acid groups (broad SMARTS) is 1. The second kappa shape index (κ2) is 5.92. The molecule has 106 valence electrons. The number of rotatable bonds is 5. The van der Waals surface area contributed by atoms with Gasteiger partial charge in [-0.05, 0) is 24.7 Å². The van der Waals surface area contributed by atoms with Gasteiger partial charge in [0.05, 0.1) is 13.7 Å². The Morgan fingerprint density at radius 1 is 1.47 bits per heavy atom. The lowest BCUT2D eigenvalue weighted by atomic mass is 10.1. The average molecular weight is 277 g/mol. The third kappa shape index (κ3) is 4.44. The molecule has 4 nitrogen and oxygen atoms in total. The van der Waals surface area contributed by atoms with Crippen molar-refractivity contribution < 1.29 is 27.8 Å². The van der Waals surface area contributed by atoms with E-state index < -0.39 is 24.7 Å². The molecule has 0 radical (unpaired) electrons. The summed E-state index contributed by atoms with van der Waals surface area (Å²) in [6.07, 6.45) is -4.46. The Morgan fingerprint density at radius 3 is 2.58 bits per heavy atom. The Labute approximate surface area is 108 Å². The van der Waals surface area contributed by atoms with E-state index in [1.54, 1.807) is 6.07 Å². The van der Waals surface area contributed by atoms with Crippen molar-refractivity contribution in [2.45, 2.75) is 12.2 Å². The number of ether oxygens (including phenoxy) is 1. The van der Waals surface area contributed by atoms with Crippen LogP contribution in [-0.2, 0) is 4.79 Å². The van der Waals surface area contributed by atoms with Crippen LogP contribution in [0.15, 0.2) is 24.3 Å². The van der Waals surface area contributed by atoms with Gasteiger partial charge in [-0.25, -0.2) is 0 Å². The summed E-state index contributed by atoms with van der Waals surface area (Å²) < 4.78 is 41.9. The molecule has 1 atom stereocenters. The van der Waals surface area contributed by atoms with Crippen LogP contribution >= 0.6 is 0 Å². The number of aliphatic carboxylic acids is 1. The monoisotopic (exact) mass is 277 g/mol. The van der Waals surface area contributed by atoms with Gasteiger partial charge in [0.25, 0.3) is 0 Å². The predicted octanol–water partition coefficient (Wildman–Crippen LogP) is 2.32. The third-order valence-corrected chi connectivity index (χ3v) is 2.51. The third-order valence-electron chi connectivity index (χ3n) is 2.51. The smallest absolute Gasteiger partial charge is 0.401 e. The second-order valence-corrected chi connectivity index (χ2v) is 4.05. The minimum Gasteiger partial charge on any atom is -0.497 e. The van der Waals surface area contributed by atoms with Gasteiger partial charge in [-0.2, -0.15) is 13.2 Å². The lowest BCUT2D eigenvalue weighted by Crippen LogP contribution is -2.37. The van der Waals surface area contributed by atoms with Crippen molar-refractivity contribution in [3.05, 3.63) is 29.8 Å². The Kier molecular flexibility index (Phi) is 4.77. The number of hydrogen-bond acceptors (Lipinski definition) is 3. The number of alkyl halides is 3. The Balaban J connectivity index is 3.03. The van der Waals surface area contributed by atoms with Crippen LogP contribution in [0.25, 0.3) is 0 Å². The molecule has 0 spiro atoms. The topological polar surface area (TPSA) is 49.8 Å². The van der Waals surface area contributed by atoms with Gasteiger partial charge in [0.15, 0.2) is 0 Å². The molecule has 0 aliphatic rings. The first kappa shape index (κ1) is 15.3. The van der Waals surface area contributed by atoms with E-state index in [9.17, 15) is 18.0 Å². The van der Waals surface area contributed by atoms with Crippen LogP contribution in [0.4, 0.5) is 13.2 Å². The zero-order valence-corrected chi connectivity index (χ0v) is 10.4. The van der Waals surface area contributed by atoms with Crippen molar-refractivity contribution in [2.75, 3.05) is 20.7 Å². The minimum atomic E-state index is -4.46. The Morgan fingerprint density at radius 2 is 2.11 bits per heavy atom. The lowest BCUT2D eigenvalue weighted by molar-refractivity contribution is -0.159. The summed E-state index contributed by atoms with van der Waals surface area (Å²) in [6, 6.07) is 4.61. The molecule has 0 aliphatic heterocycles. The van der Waals surface area contributed by atoms with Crippen molar-refractivity contribution in [1.29, 1.82) is 0 Å². The van der Waals surface area contributed by atoms with Crippen LogP contribution < -0.4 is 4.74 Å². The fourth-order valence-electron chi connectivity index (χ4n) is 1.77. The summed E-state index contributed by atoms with van der Waals surface area (Å²) in [4.78, 5) is 11.9. The van der Waals surface area contributed by atoms with Crippen LogP contribution in [0.5, 0.6) is 5.75 Å². The summed E-state index contributed by atoms with van der Waals surface area (Å²) in [5.74, 6) is -0.954. The molecule has 0 saturated heterocycles. The van der Waals surface area contributed by atoms with Gasteiger partial charge >= 0.3 is 12.1 Å². The first-order valence-electron chi connectivity index (χ1n) is 5.38. The number of carbonyl (C=O) groups is 1. The number of halogens is 3. The molecule has 1 N–H and O–H groups in total. The summed E-state index contributed by atoms with van der Waals surface area (Å²) in [5.41, 5.74) is 0.235. The van der Waals surface area contributed by atoms with Crippen LogP contribution in [0, 0.1) is 0 Å². The average Bonchev–Trinajstić information content (AvgIpc) is 2.26. The zero-order chi connectivity index (χ0) is 14.6. The maximum absolute atomic E-state index is 12.3. The van der Waals surface area contributed by atoms with E-state index >= 15 is 0 Å². The normalized spacial score (nSPS) is 13.4. The maximum Gasteiger partial charge on any atom is 0.401 e. The van der Waals surface area contributed by atoms with E-state index in [-0.39, 0.29) is 5.56 Å².